The Hall–Kier alpha value is -1.14. The van der Waals surface area contributed by atoms with E-state index in [-0.39, 0.29) is 11.5 Å². The number of hydrogen-bond donors (Lipinski definition) is 1. The van der Waals surface area contributed by atoms with E-state index < -0.39 is 0 Å². The molecule has 5 nitrogen and oxygen atoms in total. The fourth-order valence-corrected chi connectivity index (χ4v) is 6.98. The summed E-state index contributed by atoms with van der Waals surface area (Å²) >= 11 is 0. The van der Waals surface area contributed by atoms with Gasteiger partial charge in [0.1, 0.15) is 12.4 Å². The van der Waals surface area contributed by atoms with Crippen molar-refractivity contribution >= 4 is 0 Å². The maximum Gasteiger partial charge on any atom is 0.119 e. The van der Waals surface area contributed by atoms with Gasteiger partial charge in [0.15, 0.2) is 0 Å². The quantitative estimate of drug-likeness (QED) is 0.316. The van der Waals surface area contributed by atoms with Crippen LogP contribution in [0.1, 0.15) is 83.3 Å². The van der Waals surface area contributed by atoms with Gasteiger partial charge in [-0.1, -0.05) is 33.8 Å². The Morgan fingerprint density at radius 1 is 0.889 bits per heavy atom. The molecule has 0 saturated heterocycles. The molecule has 2 saturated carbocycles. The second-order valence-electron chi connectivity index (χ2n) is 12.1. The zero-order chi connectivity index (χ0) is 25.5. The van der Waals surface area contributed by atoms with Crippen molar-refractivity contribution in [3.8, 4) is 5.75 Å². The van der Waals surface area contributed by atoms with Gasteiger partial charge in [-0.3, -0.25) is 0 Å². The van der Waals surface area contributed by atoms with Crippen molar-refractivity contribution in [2.75, 3.05) is 46.2 Å². The van der Waals surface area contributed by atoms with Crippen LogP contribution in [-0.4, -0.2) is 57.5 Å². The molecule has 0 radical (unpaired) electrons. The maximum atomic E-state index is 10.6. The first kappa shape index (κ1) is 27.9. The summed E-state index contributed by atoms with van der Waals surface area (Å²) in [4.78, 5) is 0. The lowest BCUT2D eigenvalue weighted by molar-refractivity contribution is -0.0226. The number of rotatable bonds is 14. The fourth-order valence-electron chi connectivity index (χ4n) is 6.98. The van der Waals surface area contributed by atoms with Gasteiger partial charge >= 0.3 is 0 Å². The van der Waals surface area contributed by atoms with Crippen LogP contribution in [0.5, 0.6) is 5.75 Å². The molecule has 4 unspecified atom stereocenters. The van der Waals surface area contributed by atoms with E-state index in [9.17, 15) is 5.11 Å². The van der Waals surface area contributed by atoms with Crippen molar-refractivity contribution in [3.63, 3.8) is 0 Å². The molecule has 36 heavy (non-hydrogen) atoms. The van der Waals surface area contributed by atoms with Crippen LogP contribution in [0.3, 0.4) is 0 Å². The molecular weight excluding hydrogens is 452 g/mol. The molecule has 0 aliphatic heterocycles. The van der Waals surface area contributed by atoms with Crippen molar-refractivity contribution in [2.24, 2.45) is 29.1 Å². The summed E-state index contributed by atoms with van der Waals surface area (Å²) in [5.74, 6) is 4.43. The molecule has 0 amide bonds. The molecule has 204 valence electrons. The lowest BCUT2D eigenvalue weighted by Crippen LogP contribution is -2.43. The van der Waals surface area contributed by atoms with Crippen LogP contribution in [0.2, 0.25) is 0 Å². The predicted octanol–water partition coefficient (Wildman–Crippen LogP) is 6.01. The molecule has 3 aliphatic rings. The fraction of sp³-hybridized carbons (Fsp3) is 0.806. The molecule has 6 atom stereocenters. The van der Waals surface area contributed by atoms with E-state index in [1.807, 2.05) is 0 Å². The topological polar surface area (TPSA) is 57.2 Å². The number of aryl methyl sites for hydroxylation is 1. The number of benzene rings is 1. The zero-order valence-corrected chi connectivity index (χ0v) is 23.2. The third kappa shape index (κ3) is 6.64. The molecule has 1 aromatic carbocycles. The van der Waals surface area contributed by atoms with Crippen LogP contribution in [0.4, 0.5) is 0 Å². The molecule has 3 aliphatic carbocycles. The van der Waals surface area contributed by atoms with Crippen LogP contribution >= 0.6 is 0 Å². The summed E-state index contributed by atoms with van der Waals surface area (Å²) in [5.41, 5.74) is 3.15. The average molecular weight is 503 g/mol. The second kappa shape index (κ2) is 13.1. The molecule has 1 aromatic rings. The summed E-state index contributed by atoms with van der Waals surface area (Å²) < 4.78 is 22.9. The highest BCUT2D eigenvalue weighted by Crippen LogP contribution is 2.60. The van der Waals surface area contributed by atoms with Crippen molar-refractivity contribution in [1.29, 1.82) is 0 Å². The highest BCUT2D eigenvalue weighted by atomic mass is 16.6. The Morgan fingerprint density at radius 2 is 1.58 bits per heavy atom. The van der Waals surface area contributed by atoms with Gasteiger partial charge in [0, 0.05) is 6.61 Å². The van der Waals surface area contributed by atoms with E-state index in [0.717, 1.165) is 44.0 Å². The lowest BCUT2D eigenvalue weighted by Gasteiger charge is -2.50. The summed E-state index contributed by atoms with van der Waals surface area (Å²) in [6.07, 6.45) is 7.94. The van der Waals surface area contributed by atoms with Gasteiger partial charge in [-0.2, -0.15) is 0 Å². The number of aliphatic hydroxyl groups excluding tert-OH is 1. The SMILES string of the molecule is CC(C)C(C)CCOCCOCCOCCOc1ccc2c(c1)CCC1[C@@H]2CCC2(C)C(O)CC[C@@H]12. The first-order valence-corrected chi connectivity index (χ1v) is 14.6. The molecule has 0 heterocycles. The highest BCUT2D eigenvalue weighted by molar-refractivity contribution is 5.40. The van der Waals surface area contributed by atoms with E-state index in [1.165, 1.54) is 30.4 Å². The number of aliphatic hydroxyl groups is 1. The monoisotopic (exact) mass is 502 g/mol. The smallest absolute Gasteiger partial charge is 0.119 e. The van der Waals surface area contributed by atoms with Gasteiger partial charge in [-0.15, -0.1) is 0 Å². The molecule has 0 aromatic heterocycles. The maximum absolute atomic E-state index is 10.6. The van der Waals surface area contributed by atoms with E-state index >= 15 is 0 Å². The van der Waals surface area contributed by atoms with Crippen LogP contribution in [-0.2, 0) is 20.6 Å². The zero-order valence-electron chi connectivity index (χ0n) is 23.2. The van der Waals surface area contributed by atoms with E-state index in [1.54, 1.807) is 0 Å². The Morgan fingerprint density at radius 3 is 2.31 bits per heavy atom. The minimum absolute atomic E-state index is 0.100. The van der Waals surface area contributed by atoms with Crippen molar-refractivity contribution in [3.05, 3.63) is 29.3 Å². The average Bonchev–Trinajstić information content (AvgIpc) is 3.18. The number of hydrogen-bond acceptors (Lipinski definition) is 5. The summed E-state index contributed by atoms with van der Waals surface area (Å²) in [6.45, 7) is 13.5. The lowest BCUT2D eigenvalue weighted by atomic mass is 9.55. The molecule has 4 rings (SSSR count). The van der Waals surface area contributed by atoms with Crippen molar-refractivity contribution in [2.45, 2.75) is 84.7 Å². The van der Waals surface area contributed by atoms with Gasteiger partial charge in [0.2, 0.25) is 0 Å². The Balaban J connectivity index is 1.09. The molecule has 5 heteroatoms. The van der Waals surface area contributed by atoms with Crippen molar-refractivity contribution < 1.29 is 24.1 Å². The first-order chi connectivity index (χ1) is 17.4. The molecule has 0 bridgehead atoms. The third-order valence-corrected chi connectivity index (χ3v) is 9.74. The summed E-state index contributed by atoms with van der Waals surface area (Å²) in [6, 6.07) is 6.72. The Labute approximate surface area is 219 Å². The van der Waals surface area contributed by atoms with Gasteiger partial charge in [-0.05, 0) is 103 Å². The van der Waals surface area contributed by atoms with Gasteiger partial charge in [0.05, 0.1) is 39.1 Å². The van der Waals surface area contributed by atoms with E-state index in [0.29, 0.717) is 63.3 Å². The number of fused-ring (bicyclic) bond motifs is 5. The second-order valence-corrected chi connectivity index (χ2v) is 12.1. The minimum Gasteiger partial charge on any atom is -0.491 e. The van der Waals surface area contributed by atoms with E-state index in [4.69, 9.17) is 18.9 Å². The number of ether oxygens (including phenoxy) is 4. The molecule has 1 N–H and O–H groups in total. The standard InChI is InChI=1S/C31H50O5/c1-22(2)23(3)12-14-33-15-16-34-17-18-35-19-20-36-25-6-8-26-24(21-25)5-7-28-27(26)11-13-31(4)29(28)9-10-30(31)32/h6,8,21-23,27-30,32H,5,7,9-20H2,1-4H3/t23?,27-,28?,29+,30?,31?/m1/s1. The van der Waals surface area contributed by atoms with Crippen LogP contribution < -0.4 is 4.74 Å². The van der Waals surface area contributed by atoms with Gasteiger partial charge in [0.25, 0.3) is 0 Å². The van der Waals surface area contributed by atoms with E-state index in [2.05, 4.69) is 45.9 Å². The van der Waals surface area contributed by atoms with Gasteiger partial charge in [-0.25, -0.2) is 0 Å². The molecule has 2 fully saturated rings. The minimum atomic E-state index is -0.100. The van der Waals surface area contributed by atoms with Crippen molar-refractivity contribution in [1.82, 2.24) is 0 Å². The predicted molar refractivity (Wildman–Crippen MR) is 144 cm³/mol. The summed E-state index contributed by atoms with van der Waals surface area (Å²) in [7, 11) is 0. The highest BCUT2D eigenvalue weighted by Gasteiger charge is 2.54. The van der Waals surface area contributed by atoms with Gasteiger partial charge < -0.3 is 24.1 Å². The molecular formula is C31H50O5. The summed E-state index contributed by atoms with van der Waals surface area (Å²) in [5, 5.41) is 10.6. The largest absolute Gasteiger partial charge is 0.491 e. The first-order valence-electron chi connectivity index (χ1n) is 14.6. The van der Waals surface area contributed by atoms with Crippen LogP contribution in [0.25, 0.3) is 0 Å². The van der Waals surface area contributed by atoms with Crippen LogP contribution in [0, 0.1) is 29.1 Å². The Bertz CT molecular complexity index is 810. The third-order valence-electron chi connectivity index (χ3n) is 9.74. The normalized spacial score (nSPS) is 30.1. The molecule has 0 spiro atoms. The Kier molecular flexibility index (Phi) is 10.1. The van der Waals surface area contributed by atoms with Crippen LogP contribution in [0.15, 0.2) is 18.2 Å².